The highest BCUT2D eigenvalue weighted by Gasteiger charge is 2.22. The van der Waals surface area contributed by atoms with E-state index in [-0.39, 0.29) is 24.7 Å². The number of aliphatic hydroxyl groups excluding tert-OH is 1. The van der Waals surface area contributed by atoms with Gasteiger partial charge in [0, 0.05) is 6.61 Å². The van der Waals surface area contributed by atoms with E-state index in [2.05, 4.69) is 10.6 Å². The van der Waals surface area contributed by atoms with Crippen molar-refractivity contribution in [3.05, 3.63) is 65.7 Å². The van der Waals surface area contributed by atoms with E-state index >= 15 is 0 Å². The molecule has 2 amide bonds. The highest BCUT2D eigenvalue weighted by molar-refractivity contribution is 5.75. The van der Waals surface area contributed by atoms with Gasteiger partial charge in [0.2, 0.25) is 0 Å². The summed E-state index contributed by atoms with van der Waals surface area (Å²) in [6.45, 7) is 0.580. The molecule has 2 unspecified atom stereocenters. The average Bonchev–Trinajstić information content (AvgIpc) is 2.65. The molecule has 132 valence electrons. The minimum absolute atomic E-state index is 0.0517. The van der Waals surface area contributed by atoms with Crippen LogP contribution in [0, 0.1) is 0 Å². The first-order chi connectivity index (χ1) is 12.3. The Labute approximate surface area is 148 Å². The summed E-state index contributed by atoms with van der Waals surface area (Å²) >= 11 is 0. The Morgan fingerprint density at radius 2 is 1.92 bits per heavy atom. The van der Waals surface area contributed by atoms with Gasteiger partial charge in [-0.1, -0.05) is 48.5 Å². The highest BCUT2D eigenvalue weighted by atomic mass is 16.5. The Morgan fingerprint density at radius 1 is 1.16 bits per heavy atom. The summed E-state index contributed by atoms with van der Waals surface area (Å²) in [4.78, 5) is 12.4. The van der Waals surface area contributed by atoms with Crippen LogP contribution in [0.25, 0.3) is 0 Å². The first kappa shape index (κ1) is 17.3. The molecule has 0 aliphatic carbocycles. The molecular formula is C20H24N2O3. The second-order valence-corrected chi connectivity index (χ2v) is 6.27. The molecule has 2 aromatic rings. The van der Waals surface area contributed by atoms with E-state index < -0.39 is 0 Å². The molecule has 2 aromatic carbocycles. The zero-order valence-electron chi connectivity index (χ0n) is 14.2. The van der Waals surface area contributed by atoms with E-state index in [0.717, 1.165) is 23.3 Å². The number of fused-ring (bicyclic) bond motifs is 1. The number of ether oxygens (including phenoxy) is 1. The van der Waals surface area contributed by atoms with Crippen molar-refractivity contribution in [3.8, 4) is 5.75 Å². The summed E-state index contributed by atoms with van der Waals surface area (Å²) in [5.41, 5.74) is 2.15. The first-order valence-electron chi connectivity index (χ1n) is 8.70. The number of nitrogens with one attached hydrogen (secondary N) is 2. The van der Waals surface area contributed by atoms with Gasteiger partial charge in [0.1, 0.15) is 12.4 Å². The number of carbonyl (C=O) groups is 1. The topological polar surface area (TPSA) is 70.6 Å². The average molecular weight is 340 g/mol. The van der Waals surface area contributed by atoms with Crippen molar-refractivity contribution in [1.82, 2.24) is 10.6 Å². The van der Waals surface area contributed by atoms with E-state index in [4.69, 9.17) is 9.84 Å². The van der Waals surface area contributed by atoms with Crippen LogP contribution in [0.2, 0.25) is 0 Å². The highest BCUT2D eigenvalue weighted by Crippen LogP contribution is 2.24. The summed E-state index contributed by atoms with van der Waals surface area (Å²) in [6, 6.07) is 17.3. The molecule has 1 heterocycles. The maximum absolute atomic E-state index is 12.4. The first-order valence-corrected chi connectivity index (χ1v) is 8.70. The van der Waals surface area contributed by atoms with Crippen LogP contribution in [-0.4, -0.2) is 30.4 Å². The van der Waals surface area contributed by atoms with Gasteiger partial charge in [-0.15, -0.1) is 0 Å². The van der Waals surface area contributed by atoms with E-state index in [0.29, 0.717) is 19.4 Å². The lowest BCUT2D eigenvalue weighted by Gasteiger charge is -2.27. The van der Waals surface area contributed by atoms with Gasteiger partial charge in [0.25, 0.3) is 0 Å². The molecule has 0 bridgehead atoms. The number of benzene rings is 2. The third-order valence-electron chi connectivity index (χ3n) is 4.37. The number of aliphatic hydroxyl groups is 1. The molecule has 0 spiro atoms. The lowest BCUT2D eigenvalue weighted by molar-refractivity contribution is 0.210. The van der Waals surface area contributed by atoms with Crippen molar-refractivity contribution in [1.29, 1.82) is 0 Å². The molecule has 0 aromatic heterocycles. The molecule has 25 heavy (non-hydrogen) atoms. The molecule has 1 aliphatic rings. The molecule has 1 aliphatic heterocycles. The van der Waals surface area contributed by atoms with Crippen LogP contribution >= 0.6 is 0 Å². The van der Waals surface area contributed by atoms with Crippen LogP contribution < -0.4 is 15.4 Å². The molecule has 3 N–H and O–H groups in total. The summed E-state index contributed by atoms with van der Waals surface area (Å²) in [7, 11) is 0. The van der Waals surface area contributed by atoms with Crippen molar-refractivity contribution in [2.24, 2.45) is 0 Å². The summed E-state index contributed by atoms with van der Waals surface area (Å²) in [6.07, 6.45) is 2.09. The minimum Gasteiger partial charge on any atom is -0.491 e. The van der Waals surface area contributed by atoms with Gasteiger partial charge < -0.3 is 20.5 Å². The fraction of sp³-hybridized carbons (Fsp3) is 0.350. The zero-order valence-corrected chi connectivity index (χ0v) is 14.2. The molecule has 5 nitrogen and oxygen atoms in total. The zero-order chi connectivity index (χ0) is 17.5. The monoisotopic (exact) mass is 340 g/mol. The van der Waals surface area contributed by atoms with Crippen LogP contribution in [0.4, 0.5) is 4.79 Å². The quantitative estimate of drug-likeness (QED) is 0.757. The Balaban J connectivity index is 1.58. The number of para-hydroxylation sites is 1. The number of urea groups is 1. The van der Waals surface area contributed by atoms with Crippen molar-refractivity contribution < 1.29 is 14.6 Å². The maximum atomic E-state index is 12.4. The van der Waals surface area contributed by atoms with Crippen molar-refractivity contribution in [2.45, 2.75) is 31.3 Å². The predicted molar refractivity (Wildman–Crippen MR) is 96.6 cm³/mol. The molecule has 3 rings (SSSR count). The molecule has 2 atom stereocenters. The van der Waals surface area contributed by atoms with Crippen molar-refractivity contribution in [2.75, 3.05) is 13.2 Å². The Kier molecular flexibility index (Phi) is 5.90. The molecular weight excluding hydrogens is 316 g/mol. The molecule has 0 saturated carbocycles. The summed E-state index contributed by atoms with van der Waals surface area (Å²) < 4.78 is 5.72. The van der Waals surface area contributed by atoms with Crippen LogP contribution in [-0.2, 0) is 6.42 Å². The van der Waals surface area contributed by atoms with E-state index in [1.807, 2.05) is 54.6 Å². The van der Waals surface area contributed by atoms with Crippen molar-refractivity contribution >= 4 is 6.03 Å². The molecule has 0 fully saturated rings. The number of hydrogen-bond acceptors (Lipinski definition) is 3. The minimum atomic E-state index is -0.209. The Bertz CT molecular complexity index is 690. The van der Waals surface area contributed by atoms with Crippen molar-refractivity contribution in [3.63, 3.8) is 0 Å². The van der Waals surface area contributed by atoms with Crippen LogP contribution in [0.1, 0.15) is 30.0 Å². The van der Waals surface area contributed by atoms with E-state index in [1.54, 1.807) is 0 Å². The number of rotatable bonds is 6. The van der Waals surface area contributed by atoms with Gasteiger partial charge in [0.15, 0.2) is 0 Å². The van der Waals surface area contributed by atoms with Gasteiger partial charge >= 0.3 is 6.03 Å². The second-order valence-electron chi connectivity index (χ2n) is 6.27. The van der Waals surface area contributed by atoms with Crippen LogP contribution in [0.15, 0.2) is 54.6 Å². The maximum Gasteiger partial charge on any atom is 0.315 e. The van der Waals surface area contributed by atoms with E-state index in [1.165, 1.54) is 0 Å². The SMILES string of the molecule is O=C(NC1COc2ccccc2C1)NC(CCCO)c1ccccc1. The fourth-order valence-corrected chi connectivity index (χ4v) is 3.11. The lowest BCUT2D eigenvalue weighted by Crippen LogP contribution is -2.48. The molecule has 0 radical (unpaired) electrons. The Hall–Kier alpha value is -2.53. The van der Waals surface area contributed by atoms with E-state index in [9.17, 15) is 4.79 Å². The smallest absolute Gasteiger partial charge is 0.315 e. The number of hydrogen-bond donors (Lipinski definition) is 3. The lowest BCUT2D eigenvalue weighted by atomic mass is 10.0. The van der Waals surface area contributed by atoms with Gasteiger partial charge in [-0.2, -0.15) is 0 Å². The van der Waals surface area contributed by atoms with Crippen LogP contribution in [0.5, 0.6) is 5.75 Å². The summed E-state index contributed by atoms with van der Waals surface area (Å²) in [5.74, 6) is 0.895. The molecule has 5 heteroatoms. The standard InChI is InChI=1S/C20H24N2O3/c23-12-6-10-18(15-7-2-1-3-8-15)22-20(24)21-17-13-16-9-4-5-11-19(16)25-14-17/h1-5,7-9,11,17-18,23H,6,10,12-14H2,(H2,21,22,24). The Morgan fingerprint density at radius 3 is 2.72 bits per heavy atom. The normalized spacial score (nSPS) is 17.1. The van der Waals surface area contributed by atoms with Gasteiger partial charge in [0.05, 0.1) is 12.1 Å². The number of carbonyl (C=O) groups excluding carboxylic acids is 1. The summed E-state index contributed by atoms with van der Waals surface area (Å²) in [5, 5.41) is 15.1. The third kappa shape index (κ3) is 4.73. The molecule has 0 saturated heterocycles. The fourth-order valence-electron chi connectivity index (χ4n) is 3.11. The predicted octanol–water partition coefficient (Wildman–Crippen LogP) is 2.80. The van der Waals surface area contributed by atoms with Gasteiger partial charge in [-0.05, 0) is 36.5 Å². The van der Waals surface area contributed by atoms with Gasteiger partial charge in [-0.3, -0.25) is 0 Å². The number of amides is 2. The van der Waals surface area contributed by atoms with Gasteiger partial charge in [-0.25, -0.2) is 4.79 Å². The largest absolute Gasteiger partial charge is 0.491 e. The third-order valence-corrected chi connectivity index (χ3v) is 4.37. The van der Waals surface area contributed by atoms with Crippen LogP contribution in [0.3, 0.4) is 0 Å². The second kappa shape index (κ2) is 8.53.